The third-order valence-electron chi connectivity index (χ3n) is 3.67. The Morgan fingerprint density at radius 3 is 2.38 bits per heavy atom. The van der Waals surface area contributed by atoms with Crippen molar-refractivity contribution in [2.75, 3.05) is 0 Å². The quantitative estimate of drug-likeness (QED) is 0.231. The summed E-state index contributed by atoms with van der Waals surface area (Å²) in [6.07, 6.45) is 8.08. The van der Waals surface area contributed by atoms with Crippen LogP contribution in [0.4, 0.5) is 0 Å². The van der Waals surface area contributed by atoms with Gasteiger partial charge in [0.2, 0.25) is 0 Å². The summed E-state index contributed by atoms with van der Waals surface area (Å²) in [5, 5.41) is 5.16. The van der Waals surface area contributed by atoms with E-state index in [1.807, 2.05) is 6.08 Å². The minimum Gasteiger partial charge on any atom is -0.125 e. The molecular weight excluding hydrogens is 252 g/mol. The highest BCUT2D eigenvalue weighted by Gasteiger charge is 2.03. The maximum atomic E-state index is 3.73. The van der Waals surface area contributed by atoms with Crippen LogP contribution in [0, 0.1) is 0 Å². The van der Waals surface area contributed by atoms with Crippen LogP contribution < -0.4 is 0 Å². The third-order valence-corrected chi connectivity index (χ3v) is 3.67. The fourth-order valence-electron chi connectivity index (χ4n) is 2.64. The van der Waals surface area contributed by atoms with E-state index in [9.17, 15) is 0 Å². The van der Waals surface area contributed by atoms with Crippen molar-refractivity contribution in [3.8, 4) is 0 Å². The molecule has 0 N–H and O–H groups in total. The topological polar surface area (TPSA) is 0 Å². The van der Waals surface area contributed by atoms with Crippen molar-refractivity contribution < 1.29 is 0 Å². The molecule has 3 aromatic rings. The molecule has 0 aliphatic heterocycles. The summed E-state index contributed by atoms with van der Waals surface area (Å²) in [5.41, 5.74) is 4.52. The van der Waals surface area contributed by atoms with Crippen molar-refractivity contribution in [1.29, 1.82) is 0 Å². The first kappa shape index (κ1) is 13.4. The van der Waals surface area contributed by atoms with Crippen molar-refractivity contribution >= 4 is 27.6 Å². The number of allylic oxidation sites excluding steroid dienone is 2. The second-order valence-electron chi connectivity index (χ2n) is 5.11. The van der Waals surface area contributed by atoms with Gasteiger partial charge < -0.3 is 0 Å². The molecule has 0 saturated carbocycles. The molecule has 0 bridgehead atoms. The first-order chi connectivity index (χ1) is 10.4. The molecule has 0 fully saturated rings. The Kier molecular flexibility index (Phi) is 4.00. The smallest absolute Gasteiger partial charge is 0.00945 e. The standard InChI is InChI=1S/C21H18/c1-2-3-4-5-6-11-17-16-18-12-7-8-13-19(18)21-15-10-9-14-20(17)21/h2,5,7-16H,1,3-4H2. The van der Waals surface area contributed by atoms with Gasteiger partial charge in [-0.3, -0.25) is 0 Å². The van der Waals surface area contributed by atoms with Crippen LogP contribution in [-0.2, 0) is 0 Å². The lowest BCUT2D eigenvalue weighted by atomic mass is 9.97. The summed E-state index contributed by atoms with van der Waals surface area (Å²) in [7, 11) is 0. The Morgan fingerprint density at radius 2 is 1.57 bits per heavy atom. The molecular formula is C21H18. The molecule has 0 aliphatic rings. The van der Waals surface area contributed by atoms with Gasteiger partial charge in [0.25, 0.3) is 0 Å². The molecule has 102 valence electrons. The monoisotopic (exact) mass is 270 g/mol. The number of hydrogen-bond acceptors (Lipinski definition) is 0. The molecule has 0 heterocycles. The number of fused-ring (bicyclic) bond motifs is 3. The highest BCUT2D eigenvalue weighted by Crippen LogP contribution is 2.29. The van der Waals surface area contributed by atoms with Crippen LogP contribution in [0.5, 0.6) is 0 Å². The largest absolute Gasteiger partial charge is 0.125 e. The predicted octanol–water partition coefficient (Wildman–Crippen LogP) is 6.13. The van der Waals surface area contributed by atoms with Crippen molar-refractivity contribution in [1.82, 2.24) is 0 Å². The Hall–Kier alpha value is -2.56. The molecule has 0 spiro atoms. The second kappa shape index (κ2) is 6.26. The summed E-state index contributed by atoms with van der Waals surface area (Å²) in [5.74, 6) is 0. The Bertz CT molecular complexity index is 846. The minimum absolute atomic E-state index is 0.992. The molecule has 0 amide bonds. The van der Waals surface area contributed by atoms with Gasteiger partial charge in [0.1, 0.15) is 0 Å². The van der Waals surface area contributed by atoms with E-state index in [0.717, 1.165) is 12.8 Å². The molecule has 0 atom stereocenters. The Morgan fingerprint density at radius 1 is 0.857 bits per heavy atom. The van der Waals surface area contributed by atoms with E-state index in [4.69, 9.17) is 0 Å². The zero-order valence-electron chi connectivity index (χ0n) is 12.0. The van der Waals surface area contributed by atoms with E-state index in [-0.39, 0.29) is 0 Å². The first-order valence-electron chi connectivity index (χ1n) is 7.32. The Balaban J connectivity index is 2.16. The zero-order valence-corrected chi connectivity index (χ0v) is 12.0. The normalized spacial score (nSPS) is 10.3. The van der Waals surface area contributed by atoms with Gasteiger partial charge in [-0.15, -0.1) is 12.3 Å². The summed E-state index contributed by atoms with van der Waals surface area (Å²) in [6, 6.07) is 19.3. The van der Waals surface area contributed by atoms with E-state index in [2.05, 4.69) is 79.1 Å². The SMILES string of the molecule is C=CCCC=C=Cc1cc2ccccc2c2ccccc12. The number of rotatable bonds is 4. The molecule has 3 aromatic carbocycles. The van der Waals surface area contributed by atoms with Crippen LogP contribution in [0.25, 0.3) is 27.6 Å². The fraction of sp³-hybridized carbons (Fsp3) is 0.0952. The predicted molar refractivity (Wildman–Crippen MR) is 93.4 cm³/mol. The van der Waals surface area contributed by atoms with Crippen LogP contribution in [0.3, 0.4) is 0 Å². The third kappa shape index (κ3) is 2.81. The van der Waals surface area contributed by atoms with Gasteiger partial charge in [0.15, 0.2) is 0 Å². The van der Waals surface area contributed by atoms with Crippen molar-refractivity contribution in [3.63, 3.8) is 0 Å². The van der Waals surface area contributed by atoms with Crippen LogP contribution in [-0.4, -0.2) is 0 Å². The summed E-state index contributed by atoms with van der Waals surface area (Å²) in [4.78, 5) is 0. The average Bonchev–Trinajstić information content (AvgIpc) is 2.54. The van der Waals surface area contributed by atoms with Crippen LogP contribution in [0.2, 0.25) is 0 Å². The molecule has 0 heteroatoms. The van der Waals surface area contributed by atoms with Crippen molar-refractivity contribution in [2.45, 2.75) is 12.8 Å². The van der Waals surface area contributed by atoms with Crippen LogP contribution in [0.15, 0.2) is 79.1 Å². The van der Waals surface area contributed by atoms with Gasteiger partial charge in [-0.2, -0.15) is 0 Å². The van der Waals surface area contributed by atoms with Crippen LogP contribution >= 0.6 is 0 Å². The molecule has 0 saturated heterocycles. The van der Waals surface area contributed by atoms with Crippen molar-refractivity contribution in [3.05, 3.63) is 84.6 Å². The van der Waals surface area contributed by atoms with E-state index in [0.29, 0.717) is 0 Å². The lowest BCUT2D eigenvalue weighted by Crippen LogP contribution is -1.81. The molecule has 0 radical (unpaired) electrons. The summed E-state index contributed by atoms with van der Waals surface area (Å²) < 4.78 is 0. The minimum atomic E-state index is 0.992. The zero-order chi connectivity index (χ0) is 14.5. The van der Waals surface area contributed by atoms with Gasteiger partial charge >= 0.3 is 0 Å². The molecule has 0 aromatic heterocycles. The van der Waals surface area contributed by atoms with Crippen molar-refractivity contribution in [2.24, 2.45) is 0 Å². The number of unbranched alkanes of at least 4 members (excludes halogenated alkanes) is 1. The maximum Gasteiger partial charge on any atom is -0.00945 e. The molecule has 0 unspecified atom stereocenters. The summed E-state index contributed by atoms with van der Waals surface area (Å²) in [6.45, 7) is 3.73. The highest BCUT2D eigenvalue weighted by atomic mass is 14.1. The fourth-order valence-corrected chi connectivity index (χ4v) is 2.64. The van der Waals surface area contributed by atoms with Gasteiger partial charge in [0, 0.05) is 0 Å². The molecule has 0 nitrogen and oxygen atoms in total. The first-order valence-corrected chi connectivity index (χ1v) is 7.32. The maximum absolute atomic E-state index is 3.73. The highest BCUT2D eigenvalue weighted by molar-refractivity contribution is 6.10. The lowest BCUT2D eigenvalue weighted by molar-refractivity contribution is 1.06. The van der Waals surface area contributed by atoms with E-state index >= 15 is 0 Å². The summed E-state index contributed by atoms with van der Waals surface area (Å²) >= 11 is 0. The Labute approximate surface area is 125 Å². The molecule has 3 rings (SSSR count). The van der Waals surface area contributed by atoms with Gasteiger partial charge in [-0.25, -0.2) is 0 Å². The number of benzene rings is 3. The molecule has 0 aliphatic carbocycles. The number of hydrogen-bond donors (Lipinski definition) is 0. The van der Waals surface area contributed by atoms with Gasteiger partial charge in [0.05, 0.1) is 0 Å². The molecule has 21 heavy (non-hydrogen) atoms. The van der Waals surface area contributed by atoms with Gasteiger partial charge in [-0.1, -0.05) is 54.6 Å². The van der Waals surface area contributed by atoms with E-state index in [1.165, 1.54) is 27.1 Å². The van der Waals surface area contributed by atoms with E-state index in [1.54, 1.807) is 0 Å². The average molecular weight is 270 g/mol. The van der Waals surface area contributed by atoms with Gasteiger partial charge in [-0.05, 0) is 58.2 Å². The van der Waals surface area contributed by atoms with E-state index < -0.39 is 0 Å². The van der Waals surface area contributed by atoms with Crippen LogP contribution in [0.1, 0.15) is 18.4 Å². The second-order valence-corrected chi connectivity index (χ2v) is 5.11. The lowest BCUT2D eigenvalue weighted by Gasteiger charge is -2.07.